The number of amides is 2. The van der Waals surface area contributed by atoms with E-state index in [4.69, 9.17) is 4.42 Å². The van der Waals surface area contributed by atoms with Crippen LogP contribution in [0.1, 0.15) is 11.3 Å². The summed E-state index contributed by atoms with van der Waals surface area (Å²) in [6, 6.07) is 7.09. The zero-order valence-corrected chi connectivity index (χ0v) is 12.0. The first-order chi connectivity index (χ1) is 10.3. The summed E-state index contributed by atoms with van der Waals surface area (Å²) in [6.45, 7) is 0.974. The van der Waals surface area contributed by atoms with Crippen molar-refractivity contribution in [3.8, 4) is 0 Å². The highest BCUT2D eigenvalue weighted by Crippen LogP contribution is 2.12. The molecule has 0 radical (unpaired) electrons. The van der Waals surface area contributed by atoms with E-state index in [0.717, 1.165) is 5.56 Å². The van der Waals surface area contributed by atoms with E-state index >= 15 is 0 Å². The second kappa shape index (κ2) is 6.27. The highest BCUT2D eigenvalue weighted by molar-refractivity contribution is 7.07. The number of nitrogens with zero attached hydrogens (tertiary/aromatic N) is 2. The summed E-state index contributed by atoms with van der Waals surface area (Å²) < 4.78 is 6.90. The van der Waals surface area contributed by atoms with Crippen LogP contribution in [0.4, 0.5) is 10.6 Å². The minimum Gasteiger partial charge on any atom is -0.467 e. The Morgan fingerprint density at radius 2 is 2.33 bits per heavy atom. The lowest BCUT2D eigenvalue weighted by Gasteiger charge is -2.09. The quantitative estimate of drug-likeness (QED) is 0.761. The van der Waals surface area contributed by atoms with Crippen LogP contribution in [0.25, 0.3) is 0 Å². The van der Waals surface area contributed by atoms with Crippen molar-refractivity contribution in [3.63, 3.8) is 0 Å². The van der Waals surface area contributed by atoms with Crippen molar-refractivity contribution >= 4 is 23.2 Å². The van der Waals surface area contributed by atoms with Crippen molar-refractivity contribution < 1.29 is 9.21 Å². The third-order valence-electron chi connectivity index (χ3n) is 2.87. The zero-order valence-electron chi connectivity index (χ0n) is 11.2. The van der Waals surface area contributed by atoms with Gasteiger partial charge in [0.1, 0.15) is 11.6 Å². The summed E-state index contributed by atoms with van der Waals surface area (Å²) in [5.74, 6) is 1.36. The first kappa shape index (κ1) is 13.4. The molecule has 3 aromatic heterocycles. The van der Waals surface area contributed by atoms with E-state index in [1.54, 1.807) is 46.7 Å². The summed E-state index contributed by atoms with van der Waals surface area (Å²) in [5, 5.41) is 13.8. The van der Waals surface area contributed by atoms with E-state index in [-0.39, 0.29) is 6.03 Å². The number of furan rings is 1. The molecule has 0 atom stereocenters. The number of carbonyl (C=O) groups is 1. The predicted octanol–water partition coefficient (Wildman–Crippen LogP) is 2.91. The van der Waals surface area contributed by atoms with Crippen LogP contribution in [0.15, 0.2) is 51.9 Å². The minimum atomic E-state index is -0.293. The lowest BCUT2D eigenvalue weighted by atomic mass is 10.3. The summed E-state index contributed by atoms with van der Waals surface area (Å²) in [6.07, 6.45) is 3.24. The van der Waals surface area contributed by atoms with Crippen molar-refractivity contribution in [2.24, 2.45) is 0 Å². The maximum absolute atomic E-state index is 11.9. The monoisotopic (exact) mass is 302 g/mol. The predicted molar refractivity (Wildman–Crippen MR) is 80.2 cm³/mol. The lowest BCUT2D eigenvalue weighted by molar-refractivity contribution is 0.250. The third-order valence-corrected chi connectivity index (χ3v) is 3.61. The Balaban J connectivity index is 1.57. The number of hydrogen-bond donors (Lipinski definition) is 2. The van der Waals surface area contributed by atoms with Gasteiger partial charge in [0, 0.05) is 6.07 Å². The molecule has 0 aliphatic rings. The van der Waals surface area contributed by atoms with Crippen molar-refractivity contribution in [2.75, 3.05) is 5.32 Å². The number of rotatable bonds is 5. The van der Waals surface area contributed by atoms with E-state index < -0.39 is 0 Å². The number of urea groups is 1. The maximum Gasteiger partial charge on any atom is 0.320 e. The molecule has 0 bridgehead atoms. The number of hydrogen-bond acceptors (Lipinski definition) is 4. The van der Waals surface area contributed by atoms with Crippen LogP contribution in [0, 0.1) is 0 Å². The molecule has 2 N–H and O–H groups in total. The van der Waals surface area contributed by atoms with E-state index in [1.807, 2.05) is 11.4 Å². The van der Waals surface area contributed by atoms with Gasteiger partial charge in [-0.05, 0) is 34.5 Å². The van der Waals surface area contributed by atoms with Gasteiger partial charge in [-0.2, -0.15) is 16.4 Å². The zero-order chi connectivity index (χ0) is 14.5. The second-order valence-electron chi connectivity index (χ2n) is 4.39. The van der Waals surface area contributed by atoms with Crippen molar-refractivity contribution in [3.05, 3.63) is 58.8 Å². The summed E-state index contributed by atoms with van der Waals surface area (Å²) in [5.41, 5.74) is 1.16. The Morgan fingerprint density at radius 3 is 3.10 bits per heavy atom. The molecule has 0 saturated carbocycles. The first-order valence-corrected chi connectivity index (χ1v) is 7.35. The fourth-order valence-electron chi connectivity index (χ4n) is 1.86. The fraction of sp³-hybridized carbons (Fsp3) is 0.143. The molecule has 2 amide bonds. The molecule has 3 aromatic rings. The number of nitrogens with one attached hydrogen (secondary N) is 2. The molecule has 0 unspecified atom stereocenters. The number of anilines is 1. The van der Waals surface area contributed by atoms with Crippen molar-refractivity contribution in [1.82, 2.24) is 15.1 Å². The van der Waals surface area contributed by atoms with Gasteiger partial charge in [-0.25, -0.2) is 9.48 Å². The summed E-state index contributed by atoms with van der Waals surface area (Å²) in [4.78, 5) is 11.9. The molecule has 108 valence electrons. The third kappa shape index (κ3) is 3.51. The van der Waals surface area contributed by atoms with Crippen LogP contribution >= 0.6 is 11.3 Å². The molecule has 3 heterocycles. The molecule has 21 heavy (non-hydrogen) atoms. The second-order valence-corrected chi connectivity index (χ2v) is 5.17. The molecule has 3 rings (SSSR count). The van der Waals surface area contributed by atoms with Crippen molar-refractivity contribution in [2.45, 2.75) is 13.1 Å². The molecular weight excluding hydrogens is 288 g/mol. The highest BCUT2D eigenvalue weighted by atomic mass is 32.1. The smallest absolute Gasteiger partial charge is 0.320 e. The van der Waals surface area contributed by atoms with Gasteiger partial charge in [-0.1, -0.05) is 0 Å². The summed E-state index contributed by atoms with van der Waals surface area (Å²) >= 11 is 1.64. The number of thiophene rings is 1. The van der Waals surface area contributed by atoms with Crippen molar-refractivity contribution in [1.29, 1.82) is 0 Å². The number of aromatic nitrogens is 2. The van der Waals surface area contributed by atoms with Crippen LogP contribution in [-0.4, -0.2) is 15.8 Å². The fourth-order valence-corrected chi connectivity index (χ4v) is 2.52. The highest BCUT2D eigenvalue weighted by Gasteiger charge is 2.08. The Hall–Kier alpha value is -2.54. The molecule has 0 aliphatic carbocycles. The molecule has 0 saturated heterocycles. The minimum absolute atomic E-state index is 0.293. The molecule has 0 aromatic carbocycles. The van der Waals surface area contributed by atoms with Crippen LogP contribution < -0.4 is 10.6 Å². The molecule has 6 nitrogen and oxygen atoms in total. The van der Waals surface area contributed by atoms with Gasteiger partial charge in [0.05, 0.1) is 25.5 Å². The Labute approximate surface area is 125 Å². The largest absolute Gasteiger partial charge is 0.467 e. The average Bonchev–Trinajstić information content (AvgIpc) is 3.20. The van der Waals surface area contributed by atoms with Gasteiger partial charge in [0.2, 0.25) is 0 Å². The van der Waals surface area contributed by atoms with Gasteiger partial charge in [-0.3, -0.25) is 5.32 Å². The molecular formula is C14H14N4O2S. The van der Waals surface area contributed by atoms with E-state index in [9.17, 15) is 4.79 Å². The van der Waals surface area contributed by atoms with Gasteiger partial charge in [-0.15, -0.1) is 0 Å². The molecule has 0 aliphatic heterocycles. The maximum atomic E-state index is 11.9. The molecule has 0 spiro atoms. The van der Waals surface area contributed by atoms with Gasteiger partial charge in [0.25, 0.3) is 0 Å². The van der Waals surface area contributed by atoms with Crippen LogP contribution in [0.3, 0.4) is 0 Å². The van der Waals surface area contributed by atoms with Gasteiger partial charge >= 0.3 is 6.03 Å². The van der Waals surface area contributed by atoms with Gasteiger partial charge < -0.3 is 9.73 Å². The van der Waals surface area contributed by atoms with Crippen LogP contribution in [0.5, 0.6) is 0 Å². The average molecular weight is 302 g/mol. The van der Waals surface area contributed by atoms with Crippen LogP contribution in [-0.2, 0) is 13.1 Å². The first-order valence-electron chi connectivity index (χ1n) is 6.41. The lowest BCUT2D eigenvalue weighted by Crippen LogP contribution is -2.29. The standard InChI is InChI=1S/C14H14N4O2S/c19-14(15-8-12-2-1-6-20-12)17-13-3-5-16-18(13)9-11-4-7-21-10-11/h1-7,10H,8-9H2,(H2,15,17,19). The SMILES string of the molecule is O=C(NCc1ccco1)Nc1ccnn1Cc1ccsc1. The van der Waals surface area contributed by atoms with Gasteiger partial charge in [0.15, 0.2) is 0 Å². The molecule has 0 fully saturated rings. The van der Waals surface area contributed by atoms with E-state index in [2.05, 4.69) is 21.1 Å². The number of carbonyl (C=O) groups excluding carboxylic acids is 1. The van der Waals surface area contributed by atoms with E-state index in [1.165, 1.54) is 0 Å². The Kier molecular flexibility index (Phi) is 4.02. The normalized spacial score (nSPS) is 10.5. The Bertz CT molecular complexity index is 688. The molecule has 7 heteroatoms. The van der Waals surface area contributed by atoms with E-state index in [0.29, 0.717) is 24.7 Å². The summed E-state index contributed by atoms with van der Waals surface area (Å²) in [7, 11) is 0. The Morgan fingerprint density at radius 1 is 1.38 bits per heavy atom. The van der Waals surface area contributed by atoms with Crippen LogP contribution in [0.2, 0.25) is 0 Å². The topological polar surface area (TPSA) is 72.1 Å².